The summed E-state index contributed by atoms with van der Waals surface area (Å²) >= 11 is 13.6. The maximum atomic E-state index is 10.0. The van der Waals surface area contributed by atoms with Crippen LogP contribution in [0.2, 0.25) is 10.2 Å². The molecule has 0 unspecified atom stereocenters. The van der Waals surface area contributed by atoms with Crippen LogP contribution in [0.5, 0.6) is 0 Å². The summed E-state index contributed by atoms with van der Waals surface area (Å²) in [6, 6.07) is 5.68. The molecule has 0 amide bonds. The van der Waals surface area contributed by atoms with Gasteiger partial charge in [0.25, 0.3) is 0 Å². The lowest BCUT2D eigenvalue weighted by atomic mass is 9.73. The Kier molecular flexibility index (Phi) is 6.09. The molecule has 1 saturated heterocycles. The third kappa shape index (κ3) is 4.13. The molecule has 5 rings (SSSR count). The SMILES string of the molecule is Nc1cc(Sc2cnc(N3CCC4(CC3)Cc3ncccc3[C@H]4N)c(CO)n2)c(Cl)c(Cl)n1. The summed E-state index contributed by atoms with van der Waals surface area (Å²) in [7, 11) is 0. The number of nitrogens with zero attached hydrogens (tertiary/aromatic N) is 5. The minimum Gasteiger partial charge on any atom is -0.390 e. The maximum Gasteiger partial charge on any atom is 0.152 e. The largest absolute Gasteiger partial charge is 0.390 e. The molecule has 1 fully saturated rings. The molecule has 2 aliphatic rings. The number of nitrogens with two attached hydrogens (primary N) is 2. The van der Waals surface area contributed by atoms with Crippen molar-refractivity contribution in [2.45, 2.75) is 41.8 Å². The molecule has 3 aromatic heterocycles. The van der Waals surface area contributed by atoms with Crippen LogP contribution in [0.15, 0.2) is 40.5 Å². The second-order valence-electron chi connectivity index (χ2n) is 8.43. The van der Waals surface area contributed by atoms with E-state index >= 15 is 0 Å². The lowest BCUT2D eigenvalue weighted by molar-refractivity contribution is 0.186. The van der Waals surface area contributed by atoms with Gasteiger partial charge in [0.2, 0.25) is 0 Å². The Hall–Kier alpha value is -2.17. The molecule has 1 atom stereocenters. The summed E-state index contributed by atoms with van der Waals surface area (Å²) < 4.78 is 0. The highest BCUT2D eigenvalue weighted by Gasteiger charge is 2.46. The van der Waals surface area contributed by atoms with Crippen molar-refractivity contribution in [1.29, 1.82) is 0 Å². The zero-order valence-electron chi connectivity index (χ0n) is 17.7. The minimum absolute atomic E-state index is 0.00473. The monoisotopic (exact) mass is 503 g/mol. The summed E-state index contributed by atoms with van der Waals surface area (Å²) in [4.78, 5) is 20.5. The number of nitrogen functional groups attached to an aromatic ring is 1. The molecule has 4 heterocycles. The van der Waals surface area contributed by atoms with Gasteiger partial charge in [0.15, 0.2) is 11.0 Å². The maximum absolute atomic E-state index is 10.0. The van der Waals surface area contributed by atoms with Gasteiger partial charge in [-0.1, -0.05) is 41.0 Å². The number of halogens is 2. The Morgan fingerprint density at radius 1 is 1.21 bits per heavy atom. The number of aliphatic hydroxyl groups excluding tert-OH is 1. The molecule has 1 aliphatic heterocycles. The van der Waals surface area contributed by atoms with Gasteiger partial charge in [0.05, 0.1) is 17.8 Å². The van der Waals surface area contributed by atoms with Crippen molar-refractivity contribution in [2.75, 3.05) is 23.7 Å². The Labute approximate surface area is 205 Å². The quantitative estimate of drug-likeness (QED) is 0.457. The number of fused-ring (bicyclic) bond motifs is 1. The predicted octanol–water partition coefficient (Wildman–Crippen LogP) is 3.64. The van der Waals surface area contributed by atoms with Crippen molar-refractivity contribution in [3.8, 4) is 0 Å². The molecule has 0 bridgehead atoms. The highest BCUT2D eigenvalue weighted by atomic mass is 35.5. The fourth-order valence-corrected chi connectivity index (χ4v) is 6.13. The van der Waals surface area contributed by atoms with Gasteiger partial charge in [-0.3, -0.25) is 4.98 Å². The van der Waals surface area contributed by atoms with Gasteiger partial charge in [-0.2, -0.15) is 0 Å². The topological polar surface area (TPSA) is 127 Å². The average molecular weight is 504 g/mol. The zero-order chi connectivity index (χ0) is 23.2. The van der Waals surface area contributed by atoms with Crippen molar-refractivity contribution in [1.82, 2.24) is 19.9 Å². The predicted molar refractivity (Wildman–Crippen MR) is 129 cm³/mol. The van der Waals surface area contributed by atoms with Gasteiger partial charge >= 0.3 is 0 Å². The first-order chi connectivity index (χ1) is 15.9. The Balaban J connectivity index is 1.33. The number of anilines is 2. The van der Waals surface area contributed by atoms with Gasteiger partial charge in [-0.05, 0) is 42.4 Å². The molecule has 11 heteroatoms. The van der Waals surface area contributed by atoms with Crippen LogP contribution in [0, 0.1) is 5.41 Å². The first-order valence-electron chi connectivity index (χ1n) is 10.6. The van der Waals surface area contributed by atoms with Gasteiger partial charge in [0.1, 0.15) is 16.5 Å². The van der Waals surface area contributed by atoms with Crippen molar-refractivity contribution >= 4 is 46.6 Å². The first kappa shape index (κ1) is 22.6. The molecule has 3 aromatic rings. The Bertz CT molecular complexity index is 1200. The Morgan fingerprint density at radius 2 is 2.00 bits per heavy atom. The number of aliphatic hydroxyl groups is 1. The van der Waals surface area contributed by atoms with Crippen LogP contribution in [-0.4, -0.2) is 38.1 Å². The molecule has 33 heavy (non-hydrogen) atoms. The first-order valence-corrected chi connectivity index (χ1v) is 12.2. The van der Waals surface area contributed by atoms with E-state index in [1.54, 1.807) is 12.3 Å². The highest BCUT2D eigenvalue weighted by Crippen LogP contribution is 2.50. The van der Waals surface area contributed by atoms with E-state index in [4.69, 9.17) is 34.7 Å². The molecule has 0 saturated carbocycles. The van der Waals surface area contributed by atoms with Crippen LogP contribution >= 0.6 is 35.0 Å². The van der Waals surface area contributed by atoms with Crippen molar-refractivity contribution < 1.29 is 5.11 Å². The number of aromatic nitrogens is 4. The summed E-state index contributed by atoms with van der Waals surface area (Å²) in [6.45, 7) is 1.36. The van der Waals surface area contributed by atoms with Gasteiger partial charge in [-0.25, -0.2) is 15.0 Å². The standard InChI is InChI=1S/C22H23Cl2N7OS/c23-18-15(8-16(25)30-20(18)24)33-17-10-28-21(14(11-32)29-17)31-6-3-22(4-7-31)9-13-12(19(22)26)2-1-5-27-13/h1-2,5,8,10,19,32H,3-4,6-7,9,11,26H2,(H2,25,30)/t19-/m1/s1. The molecule has 8 nitrogen and oxygen atoms in total. The summed E-state index contributed by atoms with van der Waals surface area (Å²) in [5, 5.41) is 11.0. The Morgan fingerprint density at radius 3 is 2.73 bits per heavy atom. The van der Waals surface area contributed by atoms with E-state index in [0.29, 0.717) is 26.5 Å². The number of rotatable bonds is 4. The molecule has 172 valence electrons. The number of hydrogen-bond acceptors (Lipinski definition) is 9. The summed E-state index contributed by atoms with van der Waals surface area (Å²) in [5.74, 6) is 0.959. The van der Waals surface area contributed by atoms with Crippen LogP contribution in [0.25, 0.3) is 0 Å². The van der Waals surface area contributed by atoms with Crippen LogP contribution in [-0.2, 0) is 13.0 Å². The molecular weight excluding hydrogens is 481 g/mol. The fourth-order valence-electron chi connectivity index (χ4n) is 4.81. The van der Waals surface area contributed by atoms with E-state index in [0.717, 1.165) is 38.0 Å². The summed E-state index contributed by atoms with van der Waals surface area (Å²) in [6.07, 6.45) is 6.27. The minimum atomic E-state index is -0.222. The van der Waals surface area contributed by atoms with E-state index in [9.17, 15) is 5.11 Å². The normalized spacial score (nSPS) is 19.2. The van der Waals surface area contributed by atoms with E-state index in [1.807, 2.05) is 12.3 Å². The van der Waals surface area contributed by atoms with Gasteiger partial charge in [-0.15, -0.1) is 0 Å². The third-order valence-electron chi connectivity index (χ3n) is 6.57. The average Bonchev–Trinajstić information content (AvgIpc) is 3.09. The van der Waals surface area contributed by atoms with Gasteiger partial charge < -0.3 is 21.5 Å². The smallest absolute Gasteiger partial charge is 0.152 e. The van der Waals surface area contributed by atoms with E-state index in [-0.39, 0.29) is 29.0 Å². The van der Waals surface area contributed by atoms with E-state index < -0.39 is 0 Å². The second-order valence-corrected chi connectivity index (χ2v) is 10.2. The molecule has 5 N–H and O–H groups in total. The van der Waals surface area contributed by atoms with Gasteiger partial charge in [0, 0.05) is 35.9 Å². The van der Waals surface area contributed by atoms with Crippen molar-refractivity contribution in [3.63, 3.8) is 0 Å². The fraction of sp³-hybridized carbons (Fsp3) is 0.364. The van der Waals surface area contributed by atoms with Crippen LogP contribution < -0.4 is 16.4 Å². The van der Waals surface area contributed by atoms with Crippen LogP contribution in [0.4, 0.5) is 11.6 Å². The molecular formula is C22H23Cl2N7OS. The van der Waals surface area contributed by atoms with Crippen molar-refractivity contribution in [2.24, 2.45) is 11.1 Å². The summed E-state index contributed by atoms with van der Waals surface area (Å²) in [5.41, 5.74) is 15.3. The third-order valence-corrected chi connectivity index (χ3v) is 8.38. The zero-order valence-corrected chi connectivity index (χ0v) is 20.0. The number of hydrogen-bond donors (Lipinski definition) is 3. The van der Waals surface area contributed by atoms with E-state index in [1.165, 1.54) is 17.3 Å². The number of piperidine rings is 1. The van der Waals surface area contributed by atoms with Crippen molar-refractivity contribution in [3.05, 3.63) is 57.7 Å². The van der Waals surface area contributed by atoms with E-state index in [2.05, 4.69) is 30.9 Å². The molecule has 0 radical (unpaired) electrons. The molecule has 0 aromatic carbocycles. The lowest BCUT2D eigenvalue weighted by Crippen LogP contribution is -2.45. The highest BCUT2D eigenvalue weighted by molar-refractivity contribution is 7.99. The van der Waals surface area contributed by atoms with Crippen LogP contribution in [0.1, 0.15) is 35.8 Å². The molecule has 1 spiro atoms. The second kappa shape index (κ2) is 8.88. The molecule has 1 aliphatic carbocycles. The van der Waals surface area contributed by atoms with Crippen LogP contribution in [0.3, 0.4) is 0 Å². The lowest BCUT2D eigenvalue weighted by Gasteiger charge is -2.42. The number of pyridine rings is 2.